The topological polar surface area (TPSA) is 132 Å². The molecule has 5 aromatic rings. The van der Waals surface area contributed by atoms with Crippen LogP contribution in [0.25, 0.3) is 26.8 Å². The minimum absolute atomic E-state index is 0.0353. The lowest BCUT2D eigenvalue weighted by Crippen LogP contribution is -2.12. The molecule has 2 aromatic carbocycles. The molecule has 170 valence electrons. The molecule has 0 spiro atoms. The Morgan fingerprint density at radius 2 is 1.79 bits per heavy atom. The Labute approximate surface area is 202 Å². The number of benzene rings is 2. The van der Waals surface area contributed by atoms with Gasteiger partial charge in [0.25, 0.3) is 5.56 Å². The van der Waals surface area contributed by atoms with E-state index in [0.717, 1.165) is 5.56 Å². The van der Waals surface area contributed by atoms with Gasteiger partial charge in [0.15, 0.2) is 4.96 Å². The molecule has 5 rings (SSSR count). The fourth-order valence-corrected chi connectivity index (χ4v) is 5.25. The van der Waals surface area contributed by atoms with Crippen LogP contribution in [0, 0.1) is 0 Å². The number of nitrogens with one attached hydrogen (secondary N) is 1. The van der Waals surface area contributed by atoms with E-state index in [4.69, 9.17) is 16.7 Å². The Bertz CT molecular complexity index is 1720. The van der Waals surface area contributed by atoms with Gasteiger partial charge >= 0.3 is 0 Å². The molecule has 0 atom stereocenters. The molecule has 0 unspecified atom stereocenters. The van der Waals surface area contributed by atoms with E-state index in [2.05, 4.69) is 20.3 Å². The lowest BCUT2D eigenvalue weighted by Gasteiger charge is -2.09. The number of nitrogens with two attached hydrogens (primary N) is 1. The summed E-state index contributed by atoms with van der Waals surface area (Å²) in [6.45, 7) is 0. The standard InChI is InChI=1S/C22H15ClN6O3S2/c23-14-4-1-3-13(11-14)19-20(33-22-26-10-8-18(30)29(19)22)17-7-9-25-21(28-17)27-15-5-2-6-16(12-15)34(24,31)32/h1-12H,(H2,24,31,32)(H,25,27,28). The van der Waals surface area contributed by atoms with Crippen LogP contribution in [0.5, 0.6) is 0 Å². The van der Waals surface area contributed by atoms with E-state index in [-0.39, 0.29) is 16.4 Å². The van der Waals surface area contributed by atoms with Crippen molar-refractivity contribution in [2.45, 2.75) is 4.90 Å². The van der Waals surface area contributed by atoms with Gasteiger partial charge in [0.2, 0.25) is 16.0 Å². The highest BCUT2D eigenvalue weighted by molar-refractivity contribution is 7.89. The maximum absolute atomic E-state index is 12.7. The van der Waals surface area contributed by atoms with Crippen molar-refractivity contribution in [2.75, 3.05) is 5.32 Å². The molecule has 0 amide bonds. The Morgan fingerprint density at radius 3 is 2.59 bits per heavy atom. The summed E-state index contributed by atoms with van der Waals surface area (Å²) >= 11 is 7.53. The van der Waals surface area contributed by atoms with Crippen molar-refractivity contribution in [3.8, 4) is 21.8 Å². The number of rotatable bonds is 5. The van der Waals surface area contributed by atoms with Crippen LogP contribution < -0.4 is 16.0 Å². The monoisotopic (exact) mass is 510 g/mol. The molecule has 0 saturated carbocycles. The smallest absolute Gasteiger partial charge is 0.258 e. The molecule has 3 aromatic heterocycles. The van der Waals surface area contributed by atoms with E-state index in [0.29, 0.717) is 31.9 Å². The third-order valence-electron chi connectivity index (χ3n) is 4.85. The lowest BCUT2D eigenvalue weighted by molar-refractivity contribution is 0.598. The Hall–Kier alpha value is -3.64. The Kier molecular flexibility index (Phi) is 5.62. The second-order valence-corrected chi connectivity index (χ2v) is 10.1. The fraction of sp³-hybridized carbons (Fsp3) is 0. The molecule has 0 fully saturated rings. The lowest BCUT2D eigenvalue weighted by atomic mass is 10.1. The van der Waals surface area contributed by atoms with Crippen LogP contribution in [-0.4, -0.2) is 27.8 Å². The van der Waals surface area contributed by atoms with Crippen molar-refractivity contribution < 1.29 is 8.42 Å². The van der Waals surface area contributed by atoms with Crippen LogP contribution in [0.3, 0.4) is 0 Å². The molecule has 0 aliphatic rings. The van der Waals surface area contributed by atoms with E-state index >= 15 is 0 Å². The van der Waals surface area contributed by atoms with Crippen molar-refractivity contribution in [1.29, 1.82) is 0 Å². The summed E-state index contributed by atoms with van der Waals surface area (Å²) in [6, 6.07) is 16.3. The first-order chi connectivity index (χ1) is 16.3. The van der Waals surface area contributed by atoms with Crippen molar-refractivity contribution in [1.82, 2.24) is 19.4 Å². The van der Waals surface area contributed by atoms with Crippen LogP contribution in [0.4, 0.5) is 11.6 Å². The third-order valence-corrected chi connectivity index (χ3v) is 7.07. The van der Waals surface area contributed by atoms with Gasteiger partial charge < -0.3 is 5.32 Å². The van der Waals surface area contributed by atoms with E-state index in [9.17, 15) is 13.2 Å². The number of sulfonamides is 1. The first kappa shape index (κ1) is 22.2. The number of nitrogens with zero attached hydrogens (tertiary/aromatic N) is 4. The van der Waals surface area contributed by atoms with Gasteiger partial charge in [-0.1, -0.05) is 41.1 Å². The van der Waals surface area contributed by atoms with Gasteiger partial charge in [0, 0.05) is 34.7 Å². The molecule has 3 N–H and O–H groups in total. The Morgan fingerprint density at radius 1 is 1.00 bits per heavy atom. The number of fused-ring (bicyclic) bond motifs is 1. The molecule has 34 heavy (non-hydrogen) atoms. The van der Waals surface area contributed by atoms with E-state index in [1.165, 1.54) is 40.1 Å². The maximum Gasteiger partial charge on any atom is 0.258 e. The zero-order chi connectivity index (χ0) is 23.9. The highest BCUT2D eigenvalue weighted by atomic mass is 35.5. The molecule has 9 nitrogen and oxygen atoms in total. The number of thiazole rings is 1. The maximum atomic E-state index is 12.7. The number of hydrogen-bond acceptors (Lipinski definition) is 8. The quantitative estimate of drug-likeness (QED) is 0.366. The summed E-state index contributed by atoms with van der Waals surface area (Å²) in [4.78, 5) is 27.1. The van der Waals surface area contributed by atoms with Gasteiger partial charge in [0.05, 0.1) is 21.2 Å². The molecular weight excluding hydrogens is 496 g/mol. The summed E-state index contributed by atoms with van der Waals surface area (Å²) < 4.78 is 24.8. The molecular formula is C22H15ClN6O3S2. The van der Waals surface area contributed by atoms with Crippen molar-refractivity contribution in [3.63, 3.8) is 0 Å². The van der Waals surface area contributed by atoms with E-state index < -0.39 is 10.0 Å². The van der Waals surface area contributed by atoms with Gasteiger partial charge in [0.1, 0.15) is 0 Å². The fourth-order valence-electron chi connectivity index (χ4n) is 3.41. The van der Waals surface area contributed by atoms with Gasteiger partial charge in [-0.05, 0) is 36.4 Å². The minimum Gasteiger partial charge on any atom is -0.324 e. The number of halogens is 1. The van der Waals surface area contributed by atoms with E-state index in [1.54, 1.807) is 42.6 Å². The summed E-state index contributed by atoms with van der Waals surface area (Å²) in [7, 11) is -3.86. The molecule has 0 saturated heterocycles. The van der Waals surface area contributed by atoms with Crippen molar-refractivity contribution >= 4 is 49.6 Å². The van der Waals surface area contributed by atoms with Crippen LogP contribution in [0.2, 0.25) is 5.02 Å². The van der Waals surface area contributed by atoms with E-state index in [1.807, 2.05) is 6.07 Å². The van der Waals surface area contributed by atoms with Crippen LogP contribution in [-0.2, 0) is 10.0 Å². The third kappa shape index (κ3) is 4.29. The number of aromatic nitrogens is 4. The summed E-state index contributed by atoms with van der Waals surface area (Å²) in [6.07, 6.45) is 3.03. The molecule has 12 heteroatoms. The second-order valence-electron chi connectivity index (χ2n) is 7.15. The predicted octanol–water partition coefficient (Wildman–Crippen LogP) is 3.92. The largest absolute Gasteiger partial charge is 0.324 e. The summed E-state index contributed by atoms with van der Waals surface area (Å²) in [5.74, 6) is 0.235. The second kappa shape index (κ2) is 8.61. The van der Waals surface area contributed by atoms with Gasteiger partial charge in [-0.3, -0.25) is 9.20 Å². The number of primary sulfonamides is 1. The van der Waals surface area contributed by atoms with Gasteiger partial charge in [-0.15, -0.1) is 0 Å². The SMILES string of the molecule is NS(=O)(=O)c1cccc(Nc2nccc(-c3sc4nccc(=O)n4c3-c3cccc(Cl)c3)n2)c1. The van der Waals surface area contributed by atoms with Crippen LogP contribution in [0.1, 0.15) is 0 Å². The molecule has 0 aliphatic heterocycles. The normalized spacial score (nSPS) is 11.6. The van der Waals surface area contributed by atoms with Gasteiger partial charge in [-0.25, -0.2) is 28.5 Å². The molecule has 0 bridgehead atoms. The summed E-state index contributed by atoms with van der Waals surface area (Å²) in [5.41, 5.74) is 2.12. The zero-order valence-corrected chi connectivity index (χ0v) is 19.6. The average Bonchev–Trinajstić information content (AvgIpc) is 3.20. The Balaban J connectivity index is 1.64. The minimum atomic E-state index is -3.86. The first-order valence-corrected chi connectivity index (χ1v) is 12.5. The molecule has 0 aliphatic carbocycles. The van der Waals surface area contributed by atoms with Gasteiger partial charge in [-0.2, -0.15) is 0 Å². The van der Waals surface area contributed by atoms with Crippen LogP contribution in [0.15, 0.2) is 82.7 Å². The molecule has 0 radical (unpaired) electrons. The zero-order valence-electron chi connectivity index (χ0n) is 17.2. The van der Waals surface area contributed by atoms with Crippen molar-refractivity contribution in [2.24, 2.45) is 5.14 Å². The highest BCUT2D eigenvalue weighted by Crippen LogP contribution is 2.38. The highest BCUT2D eigenvalue weighted by Gasteiger charge is 2.19. The van der Waals surface area contributed by atoms with Crippen LogP contribution >= 0.6 is 22.9 Å². The number of anilines is 2. The molecule has 3 heterocycles. The average molecular weight is 511 g/mol. The predicted molar refractivity (Wildman–Crippen MR) is 132 cm³/mol. The van der Waals surface area contributed by atoms with Crippen molar-refractivity contribution in [3.05, 3.63) is 88.4 Å². The summed E-state index contributed by atoms with van der Waals surface area (Å²) in [5, 5.41) is 8.75. The number of hydrogen-bond donors (Lipinski definition) is 2. The first-order valence-electron chi connectivity index (χ1n) is 9.79.